The minimum atomic E-state index is 0.697. The summed E-state index contributed by atoms with van der Waals surface area (Å²) in [6.45, 7) is 0. The maximum atomic E-state index is 5.49. The van der Waals surface area contributed by atoms with Crippen molar-refractivity contribution in [1.82, 2.24) is 0 Å². The van der Waals surface area contributed by atoms with Crippen molar-refractivity contribution in [2.24, 2.45) is 0 Å². The van der Waals surface area contributed by atoms with Gasteiger partial charge in [-0.1, -0.05) is 0 Å². The molecule has 3 nitrogen and oxygen atoms in total. The molecule has 0 aromatic heterocycles. The molecule has 0 saturated heterocycles. The van der Waals surface area contributed by atoms with E-state index < -0.39 is 0 Å². The maximum Gasteiger partial charge on any atom is 0.153 e. The van der Waals surface area contributed by atoms with Gasteiger partial charge in [0.05, 0.1) is 5.69 Å². The fraction of sp³-hybridized carbons (Fsp3) is 0.333. The number of nitrogens with one attached hydrogen (secondary N) is 1. The molecule has 0 unspecified atom stereocenters. The van der Waals surface area contributed by atoms with Gasteiger partial charge in [0, 0.05) is 19.8 Å². The van der Waals surface area contributed by atoms with Crippen LogP contribution in [0.5, 0.6) is 5.75 Å². The molecule has 13 heavy (non-hydrogen) atoms. The van der Waals surface area contributed by atoms with Crippen LogP contribution < -0.4 is 14.4 Å². The van der Waals surface area contributed by atoms with Gasteiger partial charge in [-0.05, 0) is 30.1 Å². The number of hydrogen-bond acceptors (Lipinski definition) is 4. The molecule has 0 saturated carbocycles. The molecule has 1 aliphatic rings. The Balaban J connectivity index is 2.41. The van der Waals surface area contributed by atoms with Crippen LogP contribution in [0.3, 0.4) is 0 Å². The van der Waals surface area contributed by atoms with E-state index in [4.69, 9.17) is 4.74 Å². The first-order valence-electron chi connectivity index (χ1n) is 4.12. The van der Waals surface area contributed by atoms with Crippen LogP contribution in [0.15, 0.2) is 18.2 Å². The number of anilines is 2. The normalized spacial score (nSPS) is 14.8. The van der Waals surface area contributed by atoms with Gasteiger partial charge in [-0.3, -0.25) is 0 Å². The Bertz CT molecular complexity index is 316. The molecule has 0 amide bonds. The molecular weight excluding hydrogens is 184 g/mol. The summed E-state index contributed by atoms with van der Waals surface area (Å²) in [6.07, 6.45) is 0. The predicted octanol–water partition coefficient (Wildman–Crippen LogP) is 2.16. The maximum absolute atomic E-state index is 5.49. The molecule has 70 valence electrons. The molecule has 1 aromatic rings. The molecule has 0 fully saturated rings. The van der Waals surface area contributed by atoms with Crippen LogP contribution >= 0.6 is 11.9 Å². The zero-order valence-electron chi connectivity index (χ0n) is 7.70. The highest BCUT2D eigenvalue weighted by Gasteiger charge is 2.15. The van der Waals surface area contributed by atoms with Gasteiger partial charge in [-0.2, -0.15) is 0 Å². The quantitative estimate of drug-likeness (QED) is 0.696. The van der Waals surface area contributed by atoms with Crippen molar-refractivity contribution in [3.8, 4) is 5.75 Å². The number of nitrogens with zero attached hydrogens (tertiary/aromatic N) is 1. The van der Waals surface area contributed by atoms with Crippen molar-refractivity contribution < 1.29 is 4.74 Å². The highest BCUT2D eigenvalue weighted by molar-refractivity contribution is 8.00. The molecule has 0 spiro atoms. The summed E-state index contributed by atoms with van der Waals surface area (Å²) in [5, 5.41) is 3.11. The summed E-state index contributed by atoms with van der Waals surface area (Å²) in [5.74, 6) is 1.66. The van der Waals surface area contributed by atoms with E-state index in [1.807, 2.05) is 26.2 Å². The van der Waals surface area contributed by atoms with E-state index >= 15 is 0 Å². The SMILES string of the molecule is CNc1ccc2c(c1)N(C)SCO2. The predicted molar refractivity (Wildman–Crippen MR) is 57.5 cm³/mol. The molecule has 0 atom stereocenters. The summed E-state index contributed by atoms with van der Waals surface area (Å²) in [5.41, 5.74) is 2.24. The lowest BCUT2D eigenvalue weighted by molar-refractivity contribution is 0.389. The molecule has 1 aliphatic heterocycles. The van der Waals surface area contributed by atoms with Crippen molar-refractivity contribution in [1.29, 1.82) is 0 Å². The summed E-state index contributed by atoms with van der Waals surface area (Å²) in [6, 6.07) is 6.10. The summed E-state index contributed by atoms with van der Waals surface area (Å²) in [4.78, 5) is 0. The monoisotopic (exact) mass is 196 g/mol. The highest BCUT2D eigenvalue weighted by Crippen LogP contribution is 2.37. The van der Waals surface area contributed by atoms with Crippen LogP contribution in [0.4, 0.5) is 11.4 Å². The highest BCUT2D eigenvalue weighted by atomic mass is 32.2. The zero-order valence-corrected chi connectivity index (χ0v) is 8.52. The molecule has 1 heterocycles. The number of benzene rings is 1. The lowest BCUT2D eigenvalue weighted by atomic mass is 10.2. The Kier molecular flexibility index (Phi) is 2.22. The summed E-state index contributed by atoms with van der Waals surface area (Å²) >= 11 is 1.66. The fourth-order valence-corrected chi connectivity index (χ4v) is 1.90. The fourth-order valence-electron chi connectivity index (χ4n) is 1.28. The second-order valence-electron chi connectivity index (χ2n) is 2.82. The smallest absolute Gasteiger partial charge is 0.153 e. The van der Waals surface area contributed by atoms with Gasteiger partial charge < -0.3 is 14.4 Å². The van der Waals surface area contributed by atoms with E-state index in [1.54, 1.807) is 11.9 Å². The van der Waals surface area contributed by atoms with Gasteiger partial charge in [0.25, 0.3) is 0 Å². The Morgan fingerprint density at radius 3 is 3.15 bits per heavy atom. The lowest BCUT2D eigenvalue weighted by Crippen LogP contribution is -2.16. The average molecular weight is 196 g/mol. The Hall–Kier alpha value is -1.03. The molecule has 2 rings (SSSR count). The molecule has 0 aliphatic carbocycles. The minimum absolute atomic E-state index is 0.697. The standard InChI is InChI=1S/C9H12N2OS/c1-10-7-3-4-9-8(5-7)11(2)13-6-12-9/h3-5,10H,6H2,1-2H3. The van der Waals surface area contributed by atoms with Crippen LogP contribution in [0.25, 0.3) is 0 Å². The third-order valence-electron chi connectivity index (χ3n) is 2.05. The summed E-state index contributed by atoms with van der Waals surface area (Å²) in [7, 11) is 3.96. The molecule has 1 aromatic carbocycles. The van der Waals surface area contributed by atoms with E-state index in [2.05, 4.69) is 15.7 Å². The van der Waals surface area contributed by atoms with E-state index in [9.17, 15) is 0 Å². The molecule has 0 bridgehead atoms. The second-order valence-corrected chi connectivity index (χ2v) is 3.86. The van der Waals surface area contributed by atoms with Crippen LogP contribution in [0, 0.1) is 0 Å². The Labute approximate surface area is 82.2 Å². The van der Waals surface area contributed by atoms with Crippen molar-refractivity contribution in [3.63, 3.8) is 0 Å². The van der Waals surface area contributed by atoms with Crippen LogP contribution in [-0.4, -0.2) is 20.0 Å². The third-order valence-corrected chi connectivity index (χ3v) is 2.85. The Morgan fingerprint density at radius 2 is 2.38 bits per heavy atom. The number of rotatable bonds is 1. The second kappa shape index (κ2) is 3.38. The van der Waals surface area contributed by atoms with Gasteiger partial charge >= 0.3 is 0 Å². The number of ether oxygens (including phenoxy) is 1. The third kappa shape index (κ3) is 1.54. The van der Waals surface area contributed by atoms with Gasteiger partial charge in [0.2, 0.25) is 0 Å². The van der Waals surface area contributed by atoms with Crippen LogP contribution in [0.2, 0.25) is 0 Å². The molecular formula is C9H12N2OS. The molecule has 1 N–H and O–H groups in total. The minimum Gasteiger partial charge on any atom is -0.479 e. The first-order valence-corrected chi connectivity index (χ1v) is 5.07. The topological polar surface area (TPSA) is 24.5 Å². The van der Waals surface area contributed by atoms with Crippen molar-refractivity contribution in [3.05, 3.63) is 18.2 Å². The van der Waals surface area contributed by atoms with Gasteiger partial charge in [-0.25, -0.2) is 0 Å². The zero-order chi connectivity index (χ0) is 9.26. The first-order chi connectivity index (χ1) is 6.31. The molecule has 0 radical (unpaired) electrons. The molecule has 4 heteroatoms. The Morgan fingerprint density at radius 1 is 1.54 bits per heavy atom. The van der Waals surface area contributed by atoms with E-state index in [0.29, 0.717) is 5.94 Å². The van der Waals surface area contributed by atoms with Crippen molar-refractivity contribution in [2.75, 3.05) is 29.7 Å². The van der Waals surface area contributed by atoms with Gasteiger partial charge in [0.15, 0.2) is 5.94 Å². The summed E-state index contributed by atoms with van der Waals surface area (Å²) < 4.78 is 7.61. The van der Waals surface area contributed by atoms with Crippen molar-refractivity contribution in [2.45, 2.75) is 0 Å². The largest absolute Gasteiger partial charge is 0.479 e. The average Bonchev–Trinajstić information content (AvgIpc) is 2.18. The van der Waals surface area contributed by atoms with Crippen LogP contribution in [-0.2, 0) is 0 Å². The lowest BCUT2D eigenvalue weighted by Gasteiger charge is -2.26. The van der Waals surface area contributed by atoms with E-state index in [0.717, 1.165) is 17.1 Å². The van der Waals surface area contributed by atoms with Gasteiger partial charge in [-0.15, -0.1) is 0 Å². The first kappa shape index (κ1) is 8.56. The van der Waals surface area contributed by atoms with Crippen molar-refractivity contribution >= 4 is 23.3 Å². The number of hydrogen-bond donors (Lipinski definition) is 1. The van der Waals surface area contributed by atoms with E-state index in [-0.39, 0.29) is 0 Å². The van der Waals surface area contributed by atoms with Gasteiger partial charge in [0.1, 0.15) is 5.75 Å². The number of fused-ring (bicyclic) bond motifs is 1. The van der Waals surface area contributed by atoms with E-state index in [1.165, 1.54) is 0 Å². The van der Waals surface area contributed by atoms with Crippen LogP contribution in [0.1, 0.15) is 0 Å².